The van der Waals surface area contributed by atoms with E-state index < -0.39 is 53.5 Å². The first-order valence-electron chi connectivity index (χ1n) is 11.2. The molecule has 0 aromatic heterocycles. The molecule has 1 amide bonds. The predicted octanol–water partition coefficient (Wildman–Crippen LogP) is 1.23. The third-order valence-electron chi connectivity index (χ3n) is 7.63. The summed E-state index contributed by atoms with van der Waals surface area (Å²) in [4.78, 5) is 52.5. The van der Waals surface area contributed by atoms with E-state index in [4.69, 9.17) is 9.47 Å². The number of carbonyl (C=O) groups is 4. The lowest BCUT2D eigenvalue weighted by Crippen LogP contribution is -2.53. The second kappa shape index (κ2) is 7.62. The summed E-state index contributed by atoms with van der Waals surface area (Å²) in [5.41, 5.74) is -1.82. The molecule has 4 fully saturated rings. The van der Waals surface area contributed by atoms with Crippen LogP contribution in [0.1, 0.15) is 59.3 Å². The van der Waals surface area contributed by atoms with Gasteiger partial charge in [0.2, 0.25) is 0 Å². The van der Waals surface area contributed by atoms with Gasteiger partial charge < -0.3 is 19.5 Å². The van der Waals surface area contributed by atoms with Crippen LogP contribution < -0.4 is 0 Å². The van der Waals surface area contributed by atoms with Gasteiger partial charge in [-0.25, -0.2) is 0 Å². The number of fused-ring (bicyclic) bond motifs is 4. The summed E-state index contributed by atoms with van der Waals surface area (Å²) in [7, 11) is 0. The number of aliphatic hydroxyl groups is 1. The Morgan fingerprint density at radius 2 is 1.83 bits per heavy atom. The molecule has 4 rings (SSSR count). The average molecular weight is 421 g/mol. The van der Waals surface area contributed by atoms with Gasteiger partial charge in [-0.15, -0.1) is 0 Å². The molecule has 30 heavy (non-hydrogen) atoms. The highest BCUT2D eigenvalue weighted by Gasteiger charge is 2.65. The van der Waals surface area contributed by atoms with Gasteiger partial charge in [-0.05, 0) is 25.7 Å². The number of ketones is 1. The lowest BCUT2D eigenvalue weighted by atomic mass is 9.70. The van der Waals surface area contributed by atoms with Gasteiger partial charge in [0.15, 0.2) is 5.60 Å². The first kappa shape index (κ1) is 21.3. The number of ether oxygens (including phenoxy) is 2. The van der Waals surface area contributed by atoms with Crippen LogP contribution in [0.3, 0.4) is 0 Å². The fourth-order valence-corrected chi connectivity index (χ4v) is 5.96. The van der Waals surface area contributed by atoms with Gasteiger partial charge in [-0.2, -0.15) is 0 Å². The SMILES string of the molecule is CC[C@@H]1C(=O)CCCCN2C(=O)[C@@](O)(C[C@H]2[C@@H]2C[C@H](C)C(=O)O2)[C@@H]2[C@H]1OC(=O)[C@H]2C. The van der Waals surface area contributed by atoms with Crippen molar-refractivity contribution in [2.75, 3.05) is 6.54 Å². The molecule has 0 unspecified atom stereocenters. The van der Waals surface area contributed by atoms with Crippen LogP contribution in [0.5, 0.6) is 0 Å². The molecule has 0 radical (unpaired) electrons. The number of cyclic esters (lactones) is 1. The zero-order chi connectivity index (χ0) is 21.8. The van der Waals surface area contributed by atoms with Crippen LogP contribution in [-0.4, -0.2) is 64.0 Å². The zero-order valence-corrected chi connectivity index (χ0v) is 17.8. The van der Waals surface area contributed by atoms with Crippen LogP contribution in [0.25, 0.3) is 0 Å². The van der Waals surface area contributed by atoms with Gasteiger partial charge in [0.05, 0.1) is 23.8 Å². The summed E-state index contributed by atoms with van der Waals surface area (Å²) in [6.07, 6.45) is 1.37. The maximum Gasteiger partial charge on any atom is 0.309 e. The molecule has 8 atom stereocenters. The van der Waals surface area contributed by atoms with Crippen LogP contribution in [-0.2, 0) is 28.7 Å². The highest BCUT2D eigenvalue weighted by Crippen LogP contribution is 2.49. The summed E-state index contributed by atoms with van der Waals surface area (Å²) in [6, 6.07) is -0.435. The van der Waals surface area contributed by atoms with E-state index in [-0.39, 0.29) is 24.1 Å². The fraction of sp³-hybridized carbons (Fsp3) is 0.818. The molecular formula is C22H31NO7. The Morgan fingerprint density at radius 1 is 1.10 bits per heavy atom. The lowest BCUT2D eigenvalue weighted by Gasteiger charge is -2.35. The molecule has 166 valence electrons. The standard InChI is InChI=1S/C22H31NO7/c1-4-13-15(24)7-5-6-8-23-14(16-9-11(2)19(25)29-16)10-22(28,21(23)27)17-12(3)20(26)30-18(13)17/h11-14,16-18,28H,4-10H2,1-3H3/t11-,12-,13+,14-,16-,17-,18-,22+/m0/s1. The Bertz CT molecular complexity index is 767. The molecule has 0 aliphatic carbocycles. The minimum Gasteiger partial charge on any atom is -0.461 e. The normalized spacial score (nSPS) is 44.5. The number of carbonyl (C=O) groups excluding carboxylic acids is 4. The van der Waals surface area contributed by atoms with E-state index in [1.807, 2.05) is 6.92 Å². The molecule has 4 saturated heterocycles. The lowest BCUT2D eigenvalue weighted by molar-refractivity contribution is -0.156. The Kier molecular flexibility index (Phi) is 5.41. The zero-order valence-electron chi connectivity index (χ0n) is 17.8. The number of esters is 2. The van der Waals surface area contributed by atoms with Gasteiger partial charge >= 0.3 is 11.9 Å². The monoisotopic (exact) mass is 421 g/mol. The summed E-state index contributed by atoms with van der Waals surface area (Å²) in [6.45, 7) is 5.71. The Hall–Kier alpha value is -1.96. The molecule has 0 spiro atoms. The first-order valence-corrected chi connectivity index (χ1v) is 11.2. The number of hydrogen-bond donors (Lipinski definition) is 1. The topological polar surface area (TPSA) is 110 Å². The van der Waals surface area contributed by atoms with Gasteiger partial charge in [-0.1, -0.05) is 20.8 Å². The molecule has 8 heteroatoms. The number of rotatable bonds is 2. The minimum absolute atomic E-state index is 0.0216. The summed E-state index contributed by atoms with van der Waals surface area (Å²) >= 11 is 0. The van der Waals surface area contributed by atoms with E-state index in [0.29, 0.717) is 38.6 Å². The summed E-state index contributed by atoms with van der Waals surface area (Å²) < 4.78 is 11.2. The Morgan fingerprint density at radius 3 is 2.47 bits per heavy atom. The number of Topliss-reactive ketones (excluding diaryl/α,β-unsaturated/α-hetero) is 1. The van der Waals surface area contributed by atoms with Crippen molar-refractivity contribution in [1.82, 2.24) is 4.90 Å². The Labute approximate surface area is 176 Å². The fourth-order valence-electron chi connectivity index (χ4n) is 5.96. The highest BCUT2D eigenvalue weighted by molar-refractivity contribution is 5.91. The van der Waals surface area contributed by atoms with Crippen molar-refractivity contribution in [3.05, 3.63) is 0 Å². The van der Waals surface area contributed by atoms with E-state index in [1.54, 1.807) is 18.7 Å². The molecule has 0 aromatic carbocycles. The van der Waals surface area contributed by atoms with Crippen LogP contribution in [0.2, 0.25) is 0 Å². The molecule has 8 nitrogen and oxygen atoms in total. The van der Waals surface area contributed by atoms with E-state index in [0.717, 1.165) is 0 Å². The quantitative estimate of drug-likeness (QED) is 0.668. The third kappa shape index (κ3) is 3.15. The minimum atomic E-state index is -1.82. The second-order valence-corrected chi connectivity index (χ2v) is 9.46. The van der Waals surface area contributed by atoms with Crippen LogP contribution in [0.4, 0.5) is 0 Å². The summed E-state index contributed by atoms with van der Waals surface area (Å²) in [5.74, 6) is -3.46. The predicted molar refractivity (Wildman–Crippen MR) is 104 cm³/mol. The average Bonchev–Trinajstić information content (AvgIpc) is 3.27. The number of hydrogen-bond acceptors (Lipinski definition) is 7. The number of amides is 1. The van der Waals surface area contributed by atoms with Crippen molar-refractivity contribution in [3.63, 3.8) is 0 Å². The van der Waals surface area contributed by atoms with E-state index in [9.17, 15) is 24.3 Å². The molecular weight excluding hydrogens is 390 g/mol. The van der Waals surface area contributed by atoms with E-state index in [1.165, 1.54) is 0 Å². The number of nitrogens with zero attached hydrogens (tertiary/aromatic N) is 1. The first-order chi connectivity index (χ1) is 14.2. The van der Waals surface area contributed by atoms with Crippen molar-refractivity contribution in [1.29, 1.82) is 0 Å². The molecule has 0 saturated carbocycles. The molecule has 4 aliphatic rings. The van der Waals surface area contributed by atoms with Crippen molar-refractivity contribution in [3.8, 4) is 0 Å². The maximum absolute atomic E-state index is 13.5. The van der Waals surface area contributed by atoms with Crippen molar-refractivity contribution in [2.45, 2.75) is 83.1 Å². The highest BCUT2D eigenvalue weighted by atomic mass is 16.6. The van der Waals surface area contributed by atoms with Crippen molar-refractivity contribution >= 4 is 23.6 Å². The van der Waals surface area contributed by atoms with Gasteiger partial charge in [-0.3, -0.25) is 19.2 Å². The van der Waals surface area contributed by atoms with Gasteiger partial charge in [0.25, 0.3) is 5.91 Å². The second-order valence-electron chi connectivity index (χ2n) is 9.46. The summed E-state index contributed by atoms with van der Waals surface area (Å²) in [5, 5.41) is 11.7. The van der Waals surface area contributed by atoms with E-state index >= 15 is 0 Å². The molecule has 2 bridgehead atoms. The third-order valence-corrected chi connectivity index (χ3v) is 7.63. The van der Waals surface area contributed by atoms with Crippen LogP contribution in [0, 0.1) is 23.7 Å². The molecule has 4 heterocycles. The molecule has 4 aliphatic heterocycles. The van der Waals surface area contributed by atoms with E-state index in [2.05, 4.69) is 0 Å². The maximum atomic E-state index is 13.5. The van der Waals surface area contributed by atoms with Gasteiger partial charge in [0.1, 0.15) is 18.0 Å². The van der Waals surface area contributed by atoms with Crippen LogP contribution in [0.15, 0.2) is 0 Å². The van der Waals surface area contributed by atoms with Crippen molar-refractivity contribution < 1.29 is 33.8 Å². The largest absolute Gasteiger partial charge is 0.461 e. The van der Waals surface area contributed by atoms with Crippen LogP contribution >= 0.6 is 0 Å². The van der Waals surface area contributed by atoms with Gasteiger partial charge in [0, 0.05) is 25.3 Å². The molecule has 0 aromatic rings. The van der Waals surface area contributed by atoms with Crippen molar-refractivity contribution in [2.24, 2.45) is 23.7 Å². The molecule has 1 N–H and O–H groups in total. The smallest absolute Gasteiger partial charge is 0.309 e. The Balaban J connectivity index is 1.74.